The highest BCUT2D eigenvalue weighted by molar-refractivity contribution is 6.06. The van der Waals surface area contributed by atoms with Gasteiger partial charge in [0.05, 0.1) is 0 Å². The predicted octanol–water partition coefficient (Wildman–Crippen LogP) is 2.58. The van der Waals surface area contributed by atoms with E-state index >= 15 is 0 Å². The lowest BCUT2D eigenvalue weighted by atomic mass is 10.2. The zero-order valence-corrected chi connectivity index (χ0v) is 9.85. The van der Waals surface area contributed by atoms with Crippen LogP contribution in [0.5, 0.6) is 5.75 Å². The number of aliphatic hydroxyl groups excluding tert-OH is 1. The second-order valence-corrected chi connectivity index (χ2v) is 3.43. The van der Waals surface area contributed by atoms with E-state index in [1.807, 2.05) is 0 Å². The van der Waals surface area contributed by atoms with Crippen molar-refractivity contribution in [1.29, 1.82) is 5.26 Å². The van der Waals surface area contributed by atoms with Crippen molar-refractivity contribution < 1.29 is 23.4 Å². The number of nitrogens with one attached hydrogen (secondary N) is 1. The minimum absolute atomic E-state index is 0.0533. The van der Waals surface area contributed by atoms with Crippen molar-refractivity contribution in [3.63, 3.8) is 0 Å². The summed E-state index contributed by atoms with van der Waals surface area (Å²) in [7, 11) is 0. The van der Waals surface area contributed by atoms with Gasteiger partial charge in [-0.2, -0.15) is 14.0 Å². The van der Waals surface area contributed by atoms with Crippen LogP contribution in [0.2, 0.25) is 0 Å². The first-order valence-electron chi connectivity index (χ1n) is 5.10. The van der Waals surface area contributed by atoms with Gasteiger partial charge >= 0.3 is 6.61 Å². The van der Waals surface area contributed by atoms with Crippen LogP contribution in [0.3, 0.4) is 0 Å². The summed E-state index contributed by atoms with van der Waals surface area (Å²) in [5, 5.41) is 20.1. The third-order valence-corrected chi connectivity index (χ3v) is 2.04. The average molecular weight is 268 g/mol. The molecule has 0 saturated carbocycles. The molecule has 0 fully saturated rings. The first kappa shape index (κ1) is 14.4. The zero-order valence-electron chi connectivity index (χ0n) is 9.85. The quantitative estimate of drug-likeness (QED) is 0.499. The van der Waals surface area contributed by atoms with Crippen molar-refractivity contribution in [3.8, 4) is 11.8 Å². The molecule has 2 N–H and O–H groups in total. The van der Waals surface area contributed by atoms with Crippen LogP contribution in [0.1, 0.15) is 6.92 Å². The average Bonchev–Trinajstić information content (AvgIpc) is 2.31. The molecule has 0 heterocycles. The second kappa shape index (κ2) is 6.35. The van der Waals surface area contributed by atoms with Crippen LogP contribution in [-0.2, 0) is 4.79 Å². The normalized spacial score (nSPS) is 11.5. The first-order valence-corrected chi connectivity index (χ1v) is 5.10. The maximum Gasteiger partial charge on any atom is 0.387 e. The highest BCUT2D eigenvalue weighted by Crippen LogP contribution is 2.18. The van der Waals surface area contributed by atoms with Crippen LogP contribution in [0, 0.1) is 11.3 Å². The highest BCUT2D eigenvalue weighted by Gasteiger charge is 2.12. The molecule has 1 amide bonds. The van der Waals surface area contributed by atoms with Gasteiger partial charge in [-0.1, -0.05) is 0 Å². The summed E-state index contributed by atoms with van der Waals surface area (Å²) >= 11 is 0. The van der Waals surface area contributed by atoms with E-state index in [9.17, 15) is 13.6 Å². The summed E-state index contributed by atoms with van der Waals surface area (Å²) in [5.41, 5.74) is -0.145. The van der Waals surface area contributed by atoms with E-state index in [2.05, 4.69) is 10.1 Å². The molecule has 0 saturated heterocycles. The second-order valence-electron chi connectivity index (χ2n) is 3.43. The topological polar surface area (TPSA) is 82.3 Å². The molecule has 19 heavy (non-hydrogen) atoms. The van der Waals surface area contributed by atoms with Crippen molar-refractivity contribution >= 4 is 11.6 Å². The number of nitriles is 1. The number of ether oxygens (including phenoxy) is 1. The lowest BCUT2D eigenvalue weighted by molar-refractivity contribution is -0.112. The van der Waals surface area contributed by atoms with E-state index in [1.54, 1.807) is 6.07 Å². The number of carbonyl (C=O) groups excluding carboxylic acids is 1. The fourth-order valence-corrected chi connectivity index (χ4v) is 1.21. The van der Waals surface area contributed by atoms with Gasteiger partial charge in [-0.25, -0.2) is 0 Å². The third kappa shape index (κ3) is 4.27. The molecule has 0 aliphatic rings. The van der Waals surface area contributed by atoms with Gasteiger partial charge in [0.25, 0.3) is 5.91 Å². The molecule has 5 nitrogen and oxygen atoms in total. The number of allylic oxidation sites excluding steroid dienone is 1. The van der Waals surface area contributed by atoms with Crippen LogP contribution < -0.4 is 10.1 Å². The monoisotopic (exact) mass is 268 g/mol. The van der Waals surface area contributed by atoms with Crippen LogP contribution in [0.15, 0.2) is 35.6 Å². The predicted molar refractivity (Wildman–Crippen MR) is 62.6 cm³/mol. The third-order valence-electron chi connectivity index (χ3n) is 2.04. The lowest BCUT2D eigenvalue weighted by Gasteiger charge is -2.07. The van der Waals surface area contributed by atoms with E-state index in [0.717, 1.165) is 0 Å². The van der Waals surface area contributed by atoms with Crippen LogP contribution in [0.25, 0.3) is 0 Å². The lowest BCUT2D eigenvalue weighted by Crippen LogP contribution is -2.14. The van der Waals surface area contributed by atoms with Gasteiger partial charge in [0, 0.05) is 5.69 Å². The number of alkyl halides is 2. The van der Waals surface area contributed by atoms with Gasteiger partial charge in [0.1, 0.15) is 17.6 Å². The Morgan fingerprint density at radius 1 is 1.42 bits per heavy atom. The van der Waals surface area contributed by atoms with Crippen LogP contribution >= 0.6 is 0 Å². The Kier molecular flexibility index (Phi) is 4.83. The van der Waals surface area contributed by atoms with Gasteiger partial charge in [0.15, 0.2) is 5.57 Å². The van der Waals surface area contributed by atoms with Gasteiger partial charge < -0.3 is 15.2 Å². The molecule has 0 radical (unpaired) electrons. The number of hydrogen-bond acceptors (Lipinski definition) is 4. The summed E-state index contributed by atoms with van der Waals surface area (Å²) in [4.78, 5) is 11.5. The fraction of sp³-hybridized carbons (Fsp3) is 0.167. The van der Waals surface area contributed by atoms with Crippen molar-refractivity contribution in [1.82, 2.24) is 0 Å². The number of halogens is 2. The fourth-order valence-electron chi connectivity index (χ4n) is 1.21. The van der Waals surface area contributed by atoms with E-state index in [-0.39, 0.29) is 11.4 Å². The van der Waals surface area contributed by atoms with Crippen molar-refractivity contribution in [2.45, 2.75) is 13.5 Å². The maximum absolute atomic E-state index is 11.9. The molecule has 0 aromatic heterocycles. The Balaban J connectivity index is 2.77. The number of amides is 1. The Morgan fingerprint density at radius 2 is 2.00 bits per heavy atom. The molecular formula is C12H10F2N2O3. The van der Waals surface area contributed by atoms with E-state index in [1.165, 1.54) is 31.2 Å². The molecule has 1 rings (SSSR count). The van der Waals surface area contributed by atoms with Crippen molar-refractivity contribution in [3.05, 3.63) is 35.6 Å². The highest BCUT2D eigenvalue weighted by atomic mass is 19.3. The molecule has 7 heteroatoms. The van der Waals surface area contributed by atoms with Crippen molar-refractivity contribution in [2.24, 2.45) is 0 Å². The Bertz CT molecular complexity index is 529. The minimum atomic E-state index is -2.93. The minimum Gasteiger partial charge on any atom is -0.511 e. The summed E-state index contributed by atoms with van der Waals surface area (Å²) in [5.74, 6) is -1.25. The largest absolute Gasteiger partial charge is 0.511 e. The SMILES string of the molecule is C/C(O)=C(\C#N)C(=O)Nc1ccc(OC(F)F)cc1. The number of aliphatic hydroxyl groups is 1. The molecule has 0 spiro atoms. The molecule has 0 bridgehead atoms. The number of carbonyl (C=O) groups is 1. The van der Waals surface area contributed by atoms with Crippen LogP contribution in [-0.4, -0.2) is 17.6 Å². The van der Waals surface area contributed by atoms with E-state index in [4.69, 9.17) is 10.4 Å². The number of nitrogens with zero attached hydrogens (tertiary/aromatic N) is 1. The van der Waals surface area contributed by atoms with Gasteiger partial charge in [0.2, 0.25) is 0 Å². The summed E-state index contributed by atoms with van der Waals surface area (Å²) in [6.45, 7) is -1.72. The summed E-state index contributed by atoms with van der Waals surface area (Å²) in [6.07, 6.45) is 0. The molecule has 1 aromatic carbocycles. The molecule has 0 aliphatic carbocycles. The standard InChI is InChI=1S/C12H10F2N2O3/c1-7(17)10(6-15)11(18)16-8-2-4-9(5-3-8)19-12(13)14/h2-5,12,17H,1H3,(H,16,18)/b10-7-. The molecular weight excluding hydrogens is 258 g/mol. The number of benzene rings is 1. The van der Waals surface area contributed by atoms with Gasteiger partial charge in [-0.05, 0) is 31.2 Å². The summed E-state index contributed by atoms with van der Waals surface area (Å²) in [6, 6.07) is 6.69. The number of anilines is 1. The smallest absolute Gasteiger partial charge is 0.387 e. The van der Waals surface area contributed by atoms with E-state index < -0.39 is 23.9 Å². The first-order chi connectivity index (χ1) is 8.93. The van der Waals surface area contributed by atoms with Crippen molar-refractivity contribution in [2.75, 3.05) is 5.32 Å². The molecule has 100 valence electrons. The molecule has 0 atom stereocenters. The van der Waals surface area contributed by atoms with Gasteiger partial charge in [-0.15, -0.1) is 0 Å². The number of hydrogen-bond donors (Lipinski definition) is 2. The van der Waals surface area contributed by atoms with E-state index in [0.29, 0.717) is 0 Å². The molecule has 0 aliphatic heterocycles. The number of rotatable bonds is 4. The molecule has 1 aromatic rings. The van der Waals surface area contributed by atoms with Crippen LogP contribution in [0.4, 0.5) is 14.5 Å². The van der Waals surface area contributed by atoms with Gasteiger partial charge in [-0.3, -0.25) is 4.79 Å². The Morgan fingerprint density at radius 3 is 2.42 bits per heavy atom. The zero-order chi connectivity index (χ0) is 14.4. The summed E-state index contributed by atoms with van der Waals surface area (Å²) < 4.78 is 28.0. The molecule has 0 unspecified atom stereocenters. The Hall–Kier alpha value is -2.62. The maximum atomic E-state index is 11.9. The Labute approximate surface area is 107 Å².